The Kier molecular flexibility index (Phi) is 6.19. The lowest BCUT2D eigenvalue weighted by atomic mass is 10.0. The van der Waals surface area contributed by atoms with Crippen molar-refractivity contribution in [2.75, 3.05) is 44.2 Å². The molecule has 0 atom stereocenters. The maximum Gasteiger partial charge on any atom is 0.355 e. The second-order valence-corrected chi connectivity index (χ2v) is 7.32. The number of ketones is 1. The van der Waals surface area contributed by atoms with Crippen molar-refractivity contribution in [2.24, 2.45) is 0 Å². The van der Waals surface area contributed by atoms with E-state index in [1.165, 1.54) is 11.3 Å². The zero-order valence-electron chi connectivity index (χ0n) is 17.2. The number of nitrogens with zero attached hydrogens (tertiary/aromatic N) is 2. The van der Waals surface area contributed by atoms with Crippen LogP contribution in [-0.4, -0.2) is 61.0 Å². The number of rotatable bonds is 6. The van der Waals surface area contributed by atoms with Gasteiger partial charge in [0.05, 0.1) is 13.2 Å². The van der Waals surface area contributed by atoms with Gasteiger partial charge in [0.15, 0.2) is 5.78 Å². The third-order valence-electron chi connectivity index (χ3n) is 5.39. The smallest absolute Gasteiger partial charge is 0.355 e. The Morgan fingerprint density at radius 3 is 2.39 bits per heavy atom. The summed E-state index contributed by atoms with van der Waals surface area (Å²) in [4.78, 5) is 32.6. The number of Topliss-reactive ketones (excluding diaryl/α,β-unsaturated/α-hetero) is 1. The highest BCUT2D eigenvalue weighted by Crippen LogP contribution is 2.22. The summed E-state index contributed by atoms with van der Waals surface area (Å²) in [6.45, 7) is 11.7. The zero-order chi connectivity index (χ0) is 20.3. The van der Waals surface area contributed by atoms with Gasteiger partial charge in [0.1, 0.15) is 5.69 Å². The van der Waals surface area contributed by atoms with Gasteiger partial charge in [0.2, 0.25) is 0 Å². The lowest BCUT2D eigenvalue weighted by molar-refractivity contribution is 0.0519. The number of ether oxygens (including phenoxy) is 1. The Bertz CT molecular complexity index is 864. The van der Waals surface area contributed by atoms with Gasteiger partial charge >= 0.3 is 5.97 Å². The van der Waals surface area contributed by atoms with Crippen molar-refractivity contribution in [1.82, 2.24) is 9.88 Å². The molecule has 1 aliphatic heterocycles. The number of hydrogen-bond acceptors (Lipinski definition) is 5. The Labute approximate surface area is 166 Å². The molecule has 1 aromatic heterocycles. The van der Waals surface area contributed by atoms with Crippen molar-refractivity contribution in [2.45, 2.75) is 27.7 Å². The zero-order valence-corrected chi connectivity index (χ0v) is 17.2. The van der Waals surface area contributed by atoms with Gasteiger partial charge in [-0.15, -0.1) is 0 Å². The van der Waals surface area contributed by atoms with E-state index in [1.807, 2.05) is 6.92 Å². The van der Waals surface area contributed by atoms with E-state index in [2.05, 4.69) is 46.0 Å². The topological polar surface area (TPSA) is 65.6 Å². The molecule has 150 valence electrons. The average Bonchev–Trinajstić information content (AvgIpc) is 2.97. The number of hydrogen-bond donors (Lipinski definition) is 1. The van der Waals surface area contributed by atoms with Crippen LogP contribution in [0.5, 0.6) is 0 Å². The van der Waals surface area contributed by atoms with Crippen molar-refractivity contribution in [3.8, 4) is 0 Å². The standard InChI is InChI=1S/C22H29N3O3/c1-5-28-22(27)21-16(3)20(17(4)23-21)19(26)14-24-10-12-25(13-11-24)18-9-7-6-8-15(18)2/h6-9,23H,5,10-14H2,1-4H3. The van der Waals surface area contributed by atoms with Crippen LogP contribution >= 0.6 is 0 Å². The molecule has 28 heavy (non-hydrogen) atoms. The number of piperazine rings is 1. The molecule has 0 saturated carbocycles. The number of aromatic amines is 1. The van der Waals surface area contributed by atoms with Crippen molar-refractivity contribution in [1.29, 1.82) is 0 Å². The quantitative estimate of drug-likeness (QED) is 0.613. The third kappa shape index (κ3) is 4.12. The first-order chi connectivity index (χ1) is 13.4. The van der Waals surface area contributed by atoms with Crippen LogP contribution in [-0.2, 0) is 4.74 Å². The molecule has 0 bridgehead atoms. The molecule has 0 amide bonds. The molecule has 1 aliphatic rings. The molecule has 0 spiro atoms. The molecule has 6 nitrogen and oxygen atoms in total. The first kappa shape index (κ1) is 20.1. The Hall–Kier alpha value is -2.60. The largest absolute Gasteiger partial charge is 0.461 e. The maximum absolute atomic E-state index is 12.9. The highest BCUT2D eigenvalue weighted by Gasteiger charge is 2.25. The summed E-state index contributed by atoms with van der Waals surface area (Å²) in [6, 6.07) is 8.40. The summed E-state index contributed by atoms with van der Waals surface area (Å²) >= 11 is 0. The minimum absolute atomic E-state index is 0.0474. The highest BCUT2D eigenvalue weighted by molar-refractivity contribution is 6.03. The normalized spacial score (nSPS) is 14.9. The Balaban J connectivity index is 1.64. The number of anilines is 1. The summed E-state index contributed by atoms with van der Waals surface area (Å²) < 4.78 is 5.07. The number of carbonyl (C=O) groups excluding carboxylic acids is 2. The van der Waals surface area contributed by atoms with Gasteiger partial charge in [0.25, 0.3) is 0 Å². The van der Waals surface area contributed by atoms with E-state index in [1.54, 1.807) is 13.8 Å². The first-order valence-electron chi connectivity index (χ1n) is 9.84. The molecule has 2 aromatic rings. The number of benzene rings is 1. The maximum atomic E-state index is 12.9. The summed E-state index contributed by atoms with van der Waals surface area (Å²) in [5, 5.41) is 0. The van der Waals surface area contributed by atoms with Gasteiger partial charge in [-0.25, -0.2) is 4.79 Å². The molecule has 1 N–H and O–H groups in total. The number of esters is 1. The van der Waals surface area contributed by atoms with Crippen LogP contribution in [0.15, 0.2) is 24.3 Å². The lowest BCUT2D eigenvalue weighted by Crippen LogP contribution is -2.48. The predicted molar refractivity (Wildman–Crippen MR) is 110 cm³/mol. The second-order valence-electron chi connectivity index (χ2n) is 7.32. The van der Waals surface area contributed by atoms with Crippen molar-refractivity contribution in [3.63, 3.8) is 0 Å². The van der Waals surface area contributed by atoms with E-state index in [4.69, 9.17) is 4.74 Å². The fourth-order valence-corrected chi connectivity index (χ4v) is 3.92. The van der Waals surface area contributed by atoms with Crippen molar-refractivity contribution >= 4 is 17.4 Å². The van der Waals surface area contributed by atoms with Crippen LogP contribution in [0.1, 0.15) is 44.6 Å². The molecular formula is C22H29N3O3. The van der Waals surface area contributed by atoms with E-state index >= 15 is 0 Å². The summed E-state index contributed by atoms with van der Waals surface area (Å²) in [5.41, 5.74) is 4.95. The predicted octanol–water partition coefficient (Wildman–Crippen LogP) is 3.12. The van der Waals surface area contributed by atoms with Gasteiger partial charge in [-0.2, -0.15) is 0 Å². The average molecular weight is 383 g/mol. The van der Waals surface area contributed by atoms with Gasteiger partial charge < -0.3 is 14.6 Å². The number of carbonyl (C=O) groups is 2. The van der Waals surface area contributed by atoms with E-state index in [-0.39, 0.29) is 5.78 Å². The van der Waals surface area contributed by atoms with E-state index < -0.39 is 5.97 Å². The van der Waals surface area contributed by atoms with Gasteiger partial charge in [-0.1, -0.05) is 18.2 Å². The molecular weight excluding hydrogens is 354 g/mol. The van der Waals surface area contributed by atoms with E-state index in [9.17, 15) is 9.59 Å². The minimum atomic E-state index is -0.408. The summed E-state index contributed by atoms with van der Waals surface area (Å²) in [6.07, 6.45) is 0. The van der Waals surface area contributed by atoms with Crippen molar-refractivity contribution < 1.29 is 14.3 Å². The summed E-state index contributed by atoms with van der Waals surface area (Å²) in [7, 11) is 0. The number of aromatic nitrogens is 1. The van der Waals surface area contributed by atoms with Gasteiger partial charge in [-0.3, -0.25) is 9.69 Å². The monoisotopic (exact) mass is 383 g/mol. The summed E-state index contributed by atoms with van der Waals surface area (Å²) in [5.74, 6) is -0.361. The minimum Gasteiger partial charge on any atom is -0.461 e. The second kappa shape index (κ2) is 8.61. The molecule has 0 radical (unpaired) electrons. The number of H-pyrrole nitrogens is 1. The molecule has 0 aliphatic carbocycles. The van der Waals surface area contributed by atoms with Crippen LogP contribution in [0.25, 0.3) is 0 Å². The molecule has 0 unspecified atom stereocenters. The van der Waals surface area contributed by atoms with Crippen LogP contribution in [0.4, 0.5) is 5.69 Å². The first-order valence-corrected chi connectivity index (χ1v) is 9.84. The number of nitrogens with one attached hydrogen (secondary N) is 1. The van der Waals surface area contributed by atoms with Gasteiger partial charge in [0, 0.05) is 43.1 Å². The molecule has 3 rings (SSSR count). The molecule has 1 fully saturated rings. The van der Waals surface area contributed by atoms with Gasteiger partial charge in [-0.05, 0) is 44.9 Å². The molecule has 6 heteroatoms. The highest BCUT2D eigenvalue weighted by atomic mass is 16.5. The van der Waals surface area contributed by atoms with Crippen LogP contribution in [0.3, 0.4) is 0 Å². The van der Waals surface area contributed by atoms with Crippen molar-refractivity contribution in [3.05, 3.63) is 52.3 Å². The fraction of sp³-hybridized carbons (Fsp3) is 0.455. The van der Waals surface area contributed by atoms with E-state index in [0.717, 1.165) is 31.9 Å². The number of aryl methyl sites for hydroxylation is 2. The Morgan fingerprint density at radius 2 is 1.75 bits per heavy atom. The fourth-order valence-electron chi connectivity index (χ4n) is 3.92. The molecule has 2 heterocycles. The SMILES string of the molecule is CCOC(=O)c1[nH]c(C)c(C(=O)CN2CCN(c3ccccc3C)CC2)c1C. The Morgan fingerprint density at radius 1 is 1.07 bits per heavy atom. The van der Waals surface area contributed by atoms with E-state index in [0.29, 0.717) is 30.0 Å². The molecule has 1 saturated heterocycles. The third-order valence-corrected chi connectivity index (χ3v) is 5.39. The van der Waals surface area contributed by atoms with Crippen LogP contribution in [0, 0.1) is 20.8 Å². The lowest BCUT2D eigenvalue weighted by Gasteiger charge is -2.36. The number of para-hydroxylation sites is 1. The van der Waals surface area contributed by atoms with Crippen LogP contribution in [0.2, 0.25) is 0 Å². The van der Waals surface area contributed by atoms with Crippen LogP contribution < -0.4 is 4.90 Å². The molecule has 1 aromatic carbocycles.